The summed E-state index contributed by atoms with van der Waals surface area (Å²) in [6.45, 7) is 8.94. The van der Waals surface area contributed by atoms with Gasteiger partial charge < -0.3 is 21.1 Å². The smallest absolute Gasteiger partial charge is 0.229 e. The molecule has 0 atom stereocenters. The van der Waals surface area contributed by atoms with Gasteiger partial charge in [0.15, 0.2) is 11.5 Å². The van der Waals surface area contributed by atoms with E-state index in [-0.39, 0.29) is 12.4 Å². The molecule has 37 heavy (non-hydrogen) atoms. The van der Waals surface area contributed by atoms with Crippen LogP contribution in [0.3, 0.4) is 0 Å². The van der Waals surface area contributed by atoms with Gasteiger partial charge in [0.05, 0.1) is 18.6 Å². The van der Waals surface area contributed by atoms with Crippen LogP contribution in [0, 0.1) is 13.8 Å². The molecule has 0 saturated carbocycles. The molecule has 2 aromatic carbocycles. The summed E-state index contributed by atoms with van der Waals surface area (Å²) in [5.41, 5.74) is 13.4. The van der Waals surface area contributed by atoms with E-state index < -0.39 is 0 Å². The molecule has 4 aromatic rings. The molecule has 2 aromatic heterocycles. The van der Waals surface area contributed by atoms with Crippen molar-refractivity contribution in [1.82, 2.24) is 24.6 Å². The molecule has 0 spiro atoms. The number of nitrogens with zero attached hydrogens (tertiary/aromatic N) is 5. The van der Waals surface area contributed by atoms with Crippen LogP contribution in [-0.4, -0.2) is 57.5 Å². The summed E-state index contributed by atoms with van der Waals surface area (Å²) in [6.07, 6.45) is 2.87. The van der Waals surface area contributed by atoms with Crippen molar-refractivity contribution in [2.75, 3.05) is 43.5 Å². The number of halogens is 1. The van der Waals surface area contributed by atoms with E-state index in [9.17, 15) is 0 Å². The molecule has 1 aliphatic rings. The molecule has 3 heterocycles. The lowest BCUT2D eigenvalue weighted by Crippen LogP contribution is -2.33. The molecule has 0 bridgehead atoms. The summed E-state index contributed by atoms with van der Waals surface area (Å²) < 4.78 is 7.35. The first-order chi connectivity index (χ1) is 17.5. The Balaban J connectivity index is 0.00000320. The third-order valence-corrected chi connectivity index (χ3v) is 6.67. The molecule has 0 aliphatic carbocycles. The van der Waals surface area contributed by atoms with E-state index in [1.54, 1.807) is 4.68 Å². The topological polar surface area (TPSA) is 106 Å². The van der Waals surface area contributed by atoms with Crippen molar-refractivity contribution in [3.63, 3.8) is 0 Å². The van der Waals surface area contributed by atoms with Crippen LogP contribution in [0.5, 0.6) is 0 Å². The van der Waals surface area contributed by atoms with E-state index in [0.717, 1.165) is 54.3 Å². The fourth-order valence-corrected chi connectivity index (χ4v) is 4.71. The van der Waals surface area contributed by atoms with E-state index >= 15 is 0 Å². The summed E-state index contributed by atoms with van der Waals surface area (Å²) in [6, 6.07) is 12.7. The van der Waals surface area contributed by atoms with Crippen molar-refractivity contribution in [3.8, 4) is 0 Å². The Morgan fingerprint density at radius 1 is 1.05 bits per heavy atom. The summed E-state index contributed by atoms with van der Waals surface area (Å²) in [5.74, 6) is 1.30. The number of ether oxygens (including phenoxy) is 1. The Kier molecular flexibility index (Phi) is 8.60. The van der Waals surface area contributed by atoms with Gasteiger partial charge in [0, 0.05) is 50.8 Å². The minimum absolute atomic E-state index is 0. The van der Waals surface area contributed by atoms with E-state index in [0.29, 0.717) is 25.7 Å². The lowest BCUT2D eigenvalue weighted by atomic mass is 9.99. The van der Waals surface area contributed by atoms with Crippen LogP contribution in [0.25, 0.3) is 11.0 Å². The lowest BCUT2D eigenvalue weighted by Gasteiger charge is -2.29. The Bertz CT molecular complexity index is 1350. The third-order valence-electron chi connectivity index (χ3n) is 6.67. The van der Waals surface area contributed by atoms with Gasteiger partial charge in [-0.25, -0.2) is 9.67 Å². The molecule has 4 N–H and O–H groups in total. The molecule has 5 rings (SSSR count). The predicted octanol–water partition coefficient (Wildman–Crippen LogP) is 4.22. The van der Waals surface area contributed by atoms with Crippen LogP contribution in [0.1, 0.15) is 22.3 Å². The Morgan fingerprint density at radius 2 is 1.86 bits per heavy atom. The van der Waals surface area contributed by atoms with Gasteiger partial charge in [-0.15, -0.1) is 12.4 Å². The maximum Gasteiger partial charge on any atom is 0.229 e. The fourth-order valence-electron chi connectivity index (χ4n) is 4.71. The number of nitrogens with two attached hydrogens (primary N) is 1. The molecular weight excluding hydrogens is 488 g/mol. The fraction of sp³-hybridized carbons (Fsp3) is 0.370. The molecule has 0 amide bonds. The largest absolute Gasteiger partial charge is 0.379 e. The highest BCUT2D eigenvalue weighted by Gasteiger charge is 2.17. The van der Waals surface area contributed by atoms with Crippen molar-refractivity contribution >= 4 is 46.6 Å². The standard InChI is InChI=1S/C27H34N8O.ClH/c1-18-5-4-6-19(2)24(18)31-25-23-16-29-27(32-26(23)34(3)33-25)30-22-8-7-20-9-11-35(17-21(20)15-22)12-14-36-13-10-28;/h4-8,15-16H,9-14,17,28H2,1-3H3,(H,31,33)(H,29,30,32);1H. The molecule has 0 unspecified atom stereocenters. The van der Waals surface area contributed by atoms with E-state index in [4.69, 9.17) is 15.5 Å². The highest BCUT2D eigenvalue weighted by molar-refractivity contribution is 5.90. The monoisotopic (exact) mass is 522 g/mol. The zero-order valence-electron chi connectivity index (χ0n) is 21.6. The van der Waals surface area contributed by atoms with Gasteiger partial charge in [-0.2, -0.15) is 10.1 Å². The van der Waals surface area contributed by atoms with E-state index in [2.05, 4.69) is 75.9 Å². The lowest BCUT2D eigenvalue weighted by molar-refractivity contribution is 0.104. The first-order valence-electron chi connectivity index (χ1n) is 12.4. The molecule has 0 saturated heterocycles. The molecule has 10 heteroatoms. The Hall–Kier alpha value is -3.24. The van der Waals surface area contributed by atoms with Gasteiger partial charge in [0.2, 0.25) is 5.95 Å². The highest BCUT2D eigenvalue weighted by Crippen LogP contribution is 2.29. The average Bonchev–Trinajstić information content (AvgIpc) is 3.18. The van der Waals surface area contributed by atoms with E-state index in [1.165, 1.54) is 22.3 Å². The van der Waals surface area contributed by atoms with Crippen molar-refractivity contribution in [2.45, 2.75) is 26.8 Å². The van der Waals surface area contributed by atoms with Gasteiger partial charge in [0.1, 0.15) is 0 Å². The molecule has 196 valence electrons. The molecule has 0 radical (unpaired) electrons. The van der Waals surface area contributed by atoms with Crippen LogP contribution in [-0.2, 0) is 24.8 Å². The maximum absolute atomic E-state index is 5.56. The highest BCUT2D eigenvalue weighted by atomic mass is 35.5. The van der Waals surface area contributed by atoms with Crippen LogP contribution < -0.4 is 16.4 Å². The van der Waals surface area contributed by atoms with Gasteiger partial charge >= 0.3 is 0 Å². The second kappa shape index (κ2) is 11.9. The zero-order valence-corrected chi connectivity index (χ0v) is 22.4. The number of anilines is 4. The van der Waals surface area contributed by atoms with Crippen LogP contribution in [0.4, 0.5) is 23.1 Å². The number of aromatic nitrogens is 4. The zero-order chi connectivity index (χ0) is 25.1. The van der Waals surface area contributed by atoms with Gasteiger partial charge in [-0.3, -0.25) is 4.90 Å². The molecule has 0 fully saturated rings. The minimum atomic E-state index is 0. The van der Waals surface area contributed by atoms with Crippen molar-refractivity contribution in [2.24, 2.45) is 12.8 Å². The van der Waals surface area contributed by atoms with E-state index in [1.807, 2.05) is 13.2 Å². The molecule has 9 nitrogen and oxygen atoms in total. The number of hydrogen-bond donors (Lipinski definition) is 3. The summed E-state index contributed by atoms with van der Waals surface area (Å²) in [4.78, 5) is 11.8. The average molecular weight is 523 g/mol. The number of para-hydroxylation sites is 1. The van der Waals surface area contributed by atoms with Crippen molar-refractivity contribution in [3.05, 3.63) is 64.8 Å². The predicted molar refractivity (Wildman–Crippen MR) is 151 cm³/mol. The second-order valence-corrected chi connectivity index (χ2v) is 9.33. The number of rotatable bonds is 9. The first-order valence-corrected chi connectivity index (χ1v) is 12.4. The Morgan fingerprint density at radius 3 is 2.65 bits per heavy atom. The maximum atomic E-state index is 5.56. The van der Waals surface area contributed by atoms with Crippen molar-refractivity contribution < 1.29 is 4.74 Å². The van der Waals surface area contributed by atoms with Gasteiger partial charge in [-0.05, 0) is 54.7 Å². The SMILES string of the molecule is Cc1cccc(C)c1Nc1nn(C)c2nc(Nc3ccc4c(c3)CN(CCOCCN)CC4)ncc12.Cl. The Labute approximate surface area is 223 Å². The van der Waals surface area contributed by atoms with Crippen molar-refractivity contribution in [1.29, 1.82) is 0 Å². The number of fused-ring (bicyclic) bond motifs is 2. The summed E-state index contributed by atoms with van der Waals surface area (Å²) >= 11 is 0. The van der Waals surface area contributed by atoms with Crippen LogP contribution >= 0.6 is 12.4 Å². The summed E-state index contributed by atoms with van der Waals surface area (Å²) in [7, 11) is 1.90. The molecule has 1 aliphatic heterocycles. The minimum Gasteiger partial charge on any atom is -0.379 e. The number of aryl methyl sites for hydroxylation is 3. The van der Waals surface area contributed by atoms with Crippen LogP contribution in [0.15, 0.2) is 42.6 Å². The van der Waals surface area contributed by atoms with Gasteiger partial charge in [-0.1, -0.05) is 24.3 Å². The second-order valence-electron chi connectivity index (χ2n) is 9.33. The number of hydrogen-bond acceptors (Lipinski definition) is 8. The number of benzene rings is 2. The van der Waals surface area contributed by atoms with Crippen LogP contribution in [0.2, 0.25) is 0 Å². The third kappa shape index (κ3) is 6.02. The number of nitrogens with one attached hydrogen (secondary N) is 2. The summed E-state index contributed by atoms with van der Waals surface area (Å²) in [5, 5.41) is 12.4. The van der Waals surface area contributed by atoms with Gasteiger partial charge in [0.25, 0.3) is 0 Å². The quantitative estimate of drug-likeness (QED) is 0.280. The molecular formula is C27H35ClN8O. The normalized spacial score (nSPS) is 13.3. The first kappa shape index (κ1) is 26.8.